The van der Waals surface area contributed by atoms with Gasteiger partial charge in [0.2, 0.25) is 0 Å². The molecule has 0 aliphatic carbocycles. The molecule has 18 heavy (non-hydrogen) atoms. The van der Waals surface area contributed by atoms with Crippen molar-refractivity contribution in [3.8, 4) is 0 Å². The van der Waals surface area contributed by atoms with Gasteiger partial charge in [0.05, 0.1) is 27.3 Å². The Hall–Kier alpha value is -0.490. The Bertz CT molecular complexity index is 495. The zero-order chi connectivity index (χ0) is 13.0. The van der Waals surface area contributed by atoms with Gasteiger partial charge in [0.15, 0.2) is 0 Å². The molecule has 0 aromatic carbocycles. The maximum absolute atomic E-state index is 5.74. The van der Waals surface area contributed by atoms with Gasteiger partial charge in [0.25, 0.3) is 0 Å². The molecule has 0 saturated heterocycles. The minimum Gasteiger partial charge on any atom is -0.300 e. The van der Waals surface area contributed by atoms with Crippen LogP contribution in [0.25, 0.3) is 0 Å². The first-order valence-electron chi connectivity index (χ1n) is 5.76. The molecule has 0 radical (unpaired) electrons. The summed E-state index contributed by atoms with van der Waals surface area (Å²) >= 11 is 9.13. The highest BCUT2D eigenvalue weighted by Gasteiger charge is 2.06. The molecule has 0 aliphatic rings. The standard InChI is InChI=1S/C12H16ClN3S2/c1-9-14-11(8-17-9)6-16(2)4-3-12-15-10(5-13)7-18-12/h7-8H,3-6H2,1-2H3. The zero-order valence-electron chi connectivity index (χ0n) is 10.5. The molecular formula is C12H16ClN3S2. The lowest BCUT2D eigenvalue weighted by atomic mass is 10.3. The van der Waals surface area contributed by atoms with Crippen LogP contribution >= 0.6 is 34.3 Å². The largest absolute Gasteiger partial charge is 0.300 e. The van der Waals surface area contributed by atoms with Gasteiger partial charge in [-0.2, -0.15) is 0 Å². The fourth-order valence-electron chi connectivity index (χ4n) is 1.65. The van der Waals surface area contributed by atoms with Gasteiger partial charge in [-0.05, 0) is 14.0 Å². The van der Waals surface area contributed by atoms with E-state index in [0.29, 0.717) is 5.88 Å². The molecule has 0 unspecified atom stereocenters. The highest BCUT2D eigenvalue weighted by Crippen LogP contribution is 2.13. The number of thiazole rings is 2. The van der Waals surface area contributed by atoms with Crippen LogP contribution in [0.1, 0.15) is 21.4 Å². The third-order valence-corrected chi connectivity index (χ3v) is 4.60. The summed E-state index contributed by atoms with van der Waals surface area (Å²) in [5.41, 5.74) is 2.13. The minimum atomic E-state index is 0.504. The molecule has 0 fully saturated rings. The van der Waals surface area contributed by atoms with Gasteiger partial charge in [-0.1, -0.05) is 0 Å². The van der Waals surface area contributed by atoms with Crippen LogP contribution in [0.3, 0.4) is 0 Å². The van der Waals surface area contributed by atoms with Crippen molar-refractivity contribution in [3.63, 3.8) is 0 Å². The van der Waals surface area contributed by atoms with Gasteiger partial charge in [0, 0.05) is 30.3 Å². The first kappa shape index (κ1) is 13.9. The Morgan fingerprint density at radius 3 is 2.61 bits per heavy atom. The van der Waals surface area contributed by atoms with Crippen molar-refractivity contribution in [2.45, 2.75) is 25.8 Å². The molecule has 0 atom stereocenters. The van der Waals surface area contributed by atoms with Gasteiger partial charge in [-0.3, -0.25) is 0 Å². The van der Waals surface area contributed by atoms with E-state index in [1.807, 2.05) is 12.3 Å². The Balaban J connectivity index is 1.79. The summed E-state index contributed by atoms with van der Waals surface area (Å²) in [6.45, 7) is 3.93. The van der Waals surface area contributed by atoms with E-state index in [9.17, 15) is 0 Å². The molecule has 2 rings (SSSR count). The van der Waals surface area contributed by atoms with Crippen LogP contribution in [0.4, 0.5) is 0 Å². The predicted molar refractivity (Wildman–Crippen MR) is 78.6 cm³/mol. The quantitative estimate of drug-likeness (QED) is 0.767. The fraction of sp³-hybridized carbons (Fsp3) is 0.500. The smallest absolute Gasteiger partial charge is 0.0941 e. The molecule has 3 nitrogen and oxygen atoms in total. The normalized spacial score (nSPS) is 11.3. The number of aryl methyl sites for hydroxylation is 1. The molecule has 0 amide bonds. The van der Waals surface area contributed by atoms with Gasteiger partial charge >= 0.3 is 0 Å². The Kier molecular flexibility index (Phi) is 5.12. The van der Waals surface area contributed by atoms with Crippen LogP contribution in [0.5, 0.6) is 0 Å². The lowest BCUT2D eigenvalue weighted by molar-refractivity contribution is 0.327. The maximum atomic E-state index is 5.74. The van der Waals surface area contributed by atoms with Gasteiger partial charge < -0.3 is 4.90 Å². The van der Waals surface area contributed by atoms with Crippen LogP contribution in [0.2, 0.25) is 0 Å². The van der Waals surface area contributed by atoms with Crippen LogP contribution < -0.4 is 0 Å². The van der Waals surface area contributed by atoms with E-state index in [0.717, 1.165) is 40.9 Å². The van der Waals surface area contributed by atoms with Crippen LogP contribution in [0, 0.1) is 6.92 Å². The highest BCUT2D eigenvalue weighted by atomic mass is 35.5. The van der Waals surface area contributed by atoms with Crippen molar-refractivity contribution in [1.29, 1.82) is 0 Å². The molecule has 98 valence electrons. The summed E-state index contributed by atoms with van der Waals surface area (Å²) in [5, 5.41) is 6.45. The maximum Gasteiger partial charge on any atom is 0.0941 e. The number of aromatic nitrogens is 2. The lowest BCUT2D eigenvalue weighted by Crippen LogP contribution is -2.20. The van der Waals surface area contributed by atoms with Crippen LogP contribution in [0.15, 0.2) is 10.8 Å². The van der Waals surface area contributed by atoms with Crippen LogP contribution in [-0.4, -0.2) is 28.5 Å². The molecule has 0 saturated carbocycles. The summed E-state index contributed by atoms with van der Waals surface area (Å²) in [4.78, 5) is 11.2. The van der Waals surface area contributed by atoms with Gasteiger partial charge in [-0.25, -0.2) is 9.97 Å². The van der Waals surface area contributed by atoms with E-state index >= 15 is 0 Å². The Labute approximate surface area is 120 Å². The number of hydrogen-bond donors (Lipinski definition) is 0. The molecule has 0 spiro atoms. The predicted octanol–water partition coefficient (Wildman–Crippen LogP) is 3.32. The summed E-state index contributed by atoms with van der Waals surface area (Å²) < 4.78 is 0. The average Bonchev–Trinajstić information content (AvgIpc) is 2.95. The first-order valence-corrected chi connectivity index (χ1v) is 8.05. The summed E-state index contributed by atoms with van der Waals surface area (Å²) in [5.74, 6) is 0.504. The Morgan fingerprint density at radius 2 is 2.00 bits per heavy atom. The first-order chi connectivity index (χ1) is 8.67. The fourth-order valence-corrected chi connectivity index (χ4v) is 3.27. The van der Waals surface area contributed by atoms with Crippen molar-refractivity contribution in [2.75, 3.05) is 13.6 Å². The molecule has 2 heterocycles. The summed E-state index contributed by atoms with van der Waals surface area (Å²) in [6.07, 6.45) is 0.973. The van der Waals surface area contributed by atoms with E-state index in [-0.39, 0.29) is 0 Å². The van der Waals surface area contributed by atoms with Crippen LogP contribution in [-0.2, 0) is 18.8 Å². The van der Waals surface area contributed by atoms with Crippen molar-refractivity contribution >= 4 is 34.3 Å². The zero-order valence-corrected chi connectivity index (χ0v) is 12.9. The van der Waals surface area contributed by atoms with E-state index < -0.39 is 0 Å². The van der Waals surface area contributed by atoms with Gasteiger partial charge in [0.1, 0.15) is 0 Å². The molecular weight excluding hydrogens is 286 g/mol. The molecule has 6 heteroatoms. The number of nitrogens with zero attached hydrogens (tertiary/aromatic N) is 3. The minimum absolute atomic E-state index is 0.504. The average molecular weight is 302 g/mol. The third kappa shape index (κ3) is 4.02. The molecule has 2 aromatic heterocycles. The second-order valence-electron chi connectivity index (χ2n) is 4.21. The van der Waals surface area contributed by atoms with Crippen molar-refractivity contribution in [2.24, 2.45) is 0 Å². The number of alkyl halides is 1. The second kappa shape index (κ2) is 6.61. The van der Waals surface area contributed by atoms with E-state index in [1.54, 1.807) is 22.7 Å². The number of likely N-dealkylation sites (N-methyl/N-ethyl adjacent to an activating group) is 1. The van der Waals surface area contributed by atoms with Gasteiger partial charge in [-0.15, -0.1) is 34.3 Å². The molecule has 2 aromatic rings. The van der Waals surface area contributed by atoms with E-state index in [4.69, 9.17) is 11.6 Å². The highest BCUT2D eigenvalue weighted by molar-refractivity contribution is 7.09. The SMILES string of the molecule is Cc1nc(CN(C)CCc2nc(CCl)cs2)cs1. The topological polar surface area (TPSA) is 29.0 Å². The molecule has 0 bridgehead atoms. The summed E-state index contributed by atoms with van der Waals surface area (Å²) in [7, 11) is 2.12. The number of hydrogen-bond acceptors (Lipinski definition) is 5. The van der Waals surface area contributed by atoms with Crippen molar-refractivity contribution in [1.82, 2.24) is 14.9 Å². The van der Waals surface area contributed by atoms with Crippen molar-refractivity contribution < 1.29 is 0 Å². The molecule has 0 aliphatic heterocycles. The van der Waals surface area contributed by atoms with Crippen molar-refractivity contribution in [3.05, 3.63) is 32.2 Å². The Morgan fingerprint density at radius 1 is 1.22 bits per heavy atom. The third-order valence-electron chi connectivity index (χ3n) is 2.54. The lowest BCUT2D eigenvalue weighted by Gasteiger charge is -2.13. The summed E-state index contributed by atoms with van der Waals surface area (Å²) in [6, 6.07) is 0. The number of halogens is 1. The monoisotopic (exact) mass is 301 g/mol. The second-order valence-corrected chi connectivity index (χ2v) is 6.48. The molecule has 0 N–H and O–H groups in total. The van der Waals surface area contributed by atoms with E-state index in [1.165, 1.54) is 0 Å². The van der Waals surface area contributed by atoms with E-state index in [2.05, 4.69) is 27.3 Å². The number of rotatable bonds is 6.